The van der Waals surface area contributed by atoms with Crippen molar-refractivity contribution in [1.29, 1.82) is 0 Å². The van der Waals surface area contributed by atoms with Crippen LogP contribution in [0, 0.1) is 0 Å². The Hall–Kier alpha value is -0.180. The number of nitrogens with zero attached hydrogens (tertiary/aromatic N) is 1. The van der Waals surface area contributed by atoms with Crippen LogP contribution in [-0.2, 0) is 4.79 Å². The van der Waals surface area contributed by atoms with Gasteiger partial charge in [-0.05, 0) is 12.8 Å². The van der Waals surface area contributed by atoms with Crippen molar-refractivity contribution in [3.05, 3.63) is 0 Å². The molecule has 2 nitrogen and oxygen atoms in total. The first-order chi connectivity index (χ1) is 5.75. The molecule has 0 atom stereocenters. The van der Waals surface area contributed by atoms with Crippen LogP contribution in [-0.4, -0.2) is 28.0 Å². The lowest BCUT2D eigenvalue weighted by Gasteiger charge is -2.33. The van der Waals surface area contributed by atoms with Crippen LogP contribution in [0.25, 0.3) is 0 Å². The molecule has 2 fully saturated rings. The lowest BCUT2D eigenvalue weighted by Crippen LogP contribution is -2.42. The Labute approximate surface area is 77.7 Å². The van der Waals surface area contributed by atoms with Crippen LogP contribution >= 0.6 is 11.8 Å². The molecule has 1 amide bonds. The maximum absolute atomic E-state index is 11.3. The average Bonchev–Trinajstić information content (AvgIpc) is 2.61. The molecule has 3 heteroatoms. The Morgan fingerprint density at radius 3 is 2.67 bits per heavy atom. The van der Waals surface area contributed by atoms with E-state index in [1.54, 1.807) is 6.92 Å². The van der Waals surface area contributed by atoms with Crippen molar-refractivity contribution >= 4 is 17.7 Å². The van der Waals surface area contributed by atoms with Crippen LogP contribution in [0.2, 0.25) is 0 Å². The van der Waals surface area contributed by atoms with Gasteiger partial charge in [0, 0.05) is 19.2 Å². The van der Waals surface area contributed by atoms with E-state index in [4.69, 9.17) is 0 Å². The number of carbonyl (C=O) groups excluding carboxylic acids is 1. The summed E-state index contributed by atoms with van der Waals surface area (Å²) in [6.45, 7) is 2.67. The summed E-state index contributed by atoms with van der Waals surface area (Å²) in [6.07, 6.45) is 5.04. The molecule has 0 aromatic heterocycles. The fourth-order valence-corrected chi connectivity index (χ4v) is 4.00. The minimum Gasteiger partial charge on any atom is -0.327 e. The summed E-state index contributed by atoms with van der Waals surface area (Å²) in [6, 6.07) is 0. The summed E-state index contributed by atoms with van der Waals surface area (Å²) in [5, 5.41) is 0. The zero-order chi connectivity index (χ0) is 8.60. The third-order valence-electron chi connectivity index (χ3n) is 2.94. The Morgan fingerprint density at radius 2 is 2.08 bits per heavy atom. The highest BCUT2D eigenvalue weighted by Crippen LogP contribution is 2.47. The summed E-state index contributed by atoms with van der Waals surface area (Å²) < 4.78 is 0. The molecule has 0 aromatic carbocycles. The molecule has 1 saturated carbocycles. The van der Waals surface area contributed by atoms with Crippen LogP contribution in [0.3, 0.4) is 0 Å². The van der Waals surface area contributed by atoms with Gasteiger partial charge in [0.1, 0.15) is 0 Å². The normalized spacial score (nSPS) is 26.9. The first-order valence-corrected chi connectivity index (χ1v) is 5.65. The van der Waals surface area contributed by atoms with Crippen LogP contribution in [0.5, 0.6) is 0 Å². The minimum atomic E-state index is 0.228. The summed E-state index contributed by atoms with van der Waals surface area (Å²) in [5.74, 6) is 1.40. The molecule has 1 spiro atoms. The standard InChI is InChI=1S/C9H15NOS/c1-8(11)10-6-7-12-9(10)4-2-3-5-9/h2-7H2,1H3. The molecule has 2 rings (SSSR count). The number of carbonyl (C=O) groups is 1. The van der Waals surface area contributed by atoms with Crippen LogP contribution in [0.15, 0.2) is 0 Å². The van der Waals surface area contributed by atoms with Crippen molar-refractivity contribution in [2.75, 3.05) is 12.3 Å². The minimum absolute atomic E-state index is 0.228. The quantitative estimate of drug-likeness (QED) is 0.574. The fraction of sp³-hybridized carbons (Fsp3) is 0.889. The second-order valence-electron chi connectivity index (χ2n) is 3.67. The number of amides is 1. The number of thioether (sulfide) groups is 1. The first kappa shape index (κ1) is 8.42. The van der Waals surface area contributed by atoms with Gasteiger partial charge in [-0.3, -0.25) is 4.79 Å². The van der Waals surface area contributed by atoms with Gasteiger partial charge in [-0.25, -0.2) is 0 Å². The second-order valence-corrected chi connectivity index (χ2v) is 5.13. The molecule has 1 aliphatic carbocycles. The van der Waals surface area contributed by atoms with Gasteiger partial charge in [-0.2, -0.15) is 0 Å². The molecule has 0 aromatic rings. The fourth-order valence-electron chi connectivity index (χ4n) is 2.39. The second kappa shape index (κ2) is 2.95. The van der Waals surface area contributed by atoms with E-state index in [1.165, 1.54) is 25.7 Å². The van der Waals surface area contributed by atoms with Crippen LogP contribution in [0.1, 0.15) is 32.6 Å². The van der Waals surface area contributed by atoms with E-state index in [9.17, 15) is 4.79 Å². The molecular formula is C9H15NOS. The lowest BCUT2D eigenvalue weighted by atomic mass is 10.2. The highest BCUT2D eigenvalue weighted by Gasteiger charge is 2.44. The number of rotatable bonds is 0. The topological polar surface area (TPSA) is 20.3 Å². The molecule has 1 saturated heterocycles. The predicted molar refractivity (Wildman–Crippen MR) is 51.0 cm³/mol. The smallest absolute Gasteiger partial charge is 0.220 e. The van der Waals surface area contributed by atoms with Gasteiger partial charge in [0.2, 0.25) is 5.91 Å². The molecule has 0 radical (unpaired) electrons. The number of hydrogen-bond donors (Lipinski definition) is 0. The van der Waals surface area contributed by atoms with E-state index in [-0.39, 0.29) is 10.8 Å². The van der Waals surface area contributed by atoms with E-state index in [0.717, 1.165) is 12.3 Å². The zero-order valence-electron chi connectivity index (χ0n) is 7.51. The van der Waals surface area contributed by atoms with Gasteiger partial charge >= 0.3 is 0 Å². The highest BCUT2D eigenvalue weighted by atomic mass is 32.2. The van der Waals surface area contributed by atoms with Crippen LogP contribution in [0.4, 0.5) is 0 Å². The largest absolute Gasteiger partial charge is 0.327 e. The number of hydrogen-bond acceptors (Lipinski definition) is 2. The molecule has 0 N–H and O–H groups in total. The highest BCUT2D eigenvalue weighted by molar-refractivity contribution is 8.00. The van der Waals surface area contributed by atoms with Crippen molar-refractivity contribution in [3.8, 4) is 0 Å². The predicted octanol–water partition coefficient (Wildman–Crippen LogP) is 1.85. The van der Waals surface area contributed by atoms with E-state index in [0.29, 0.717) is 0 Å². The first-order valence-electron chi connectivity index (χ1n) is 4.67. The Kier molecular flexibility index (Phi) is 2.07. The van der Waals surface area contributed by atoms with Crippen molar-refractivity contribution in [2.24, 2.45) is 0 Å². The van der Waals surface area contributed by atoms with Crippen molar-refractivity contribution in [1.82, 2.24) is 4.90 Å². The average molecular weight is 185 g/mol. The Morgan fingerprint density at radius 1 is 1.42 bits per heavy atom. The Balaban J connectivity index is 2.17. The van der Waals surface area contributed by atoms with Crippen molar-refractivity contribution in [2.45, 2.75) is 37.5 Å². The maximum atomic E-state index is 11.3. The third-order valence-corrected chi connectivity index (χ3v) is 4.50. The van der Waals surface area contributed by atoms with Gasteiger partial charge in [0.05, 0.1) is 4.87 Å². The van der Waals surface area contributed by atoms with Gasteiger partial charge in [-0.1, -0.05) is 12.8 Å². The van der Waals surface area contributed by atoms with E-state index < -0.39 is 0 Å². The molecule has 0 unspecified atom stereocenters. The summed E-state index contributed by atoms with van der Waals surface area (Å²) >= 11 is 1.99. The van der Waals surface area contributed by atoms with Crippen molar-refractivity contribution in [3.63, 3.8) is 0 Å². The summed E-state index contributed by atoms with van der Waals surface area (Å²) in [7, 11) is 0. The van der Waals surface area contributed by atoms with E-state index in [2.05, 4.69) is 4.90 Å². The molecule has 1 aliphatic heterocycles. The zero-order valence-corrected chi connectivity index (χ0v) is 8.32. The molecular weight excluding hydrogens is 170 g/mol. The molecule has 0 bridgehead atoms. The van der Waals surface area contributed by atoms with Crippen LogP contribution < -0.4 is 0 Å². The third kappa shape index (κ3) is 1.15. The van der Waals surface area contributed by atoms with Gasteiger partial charge in [0.15, 0.2) is 0 Å². The monoisotopic (exact) mass is 185 g/mol. The van der Waals surface area contributed by atoms with E-state index in [1.807, 2.05) is 11.8 Å². The lowest BCUT2D eigenvalue weighted by molar-refractivity contribution is -0.131. The SMILES string of the molecule is CC(=O)N1CCSC12CCCC2. The van der Waals surface area contributed by atoms with Gasteiger partial charge < -0.3 is 4.90 Å². The Bertz CT molecular complexity index is 193. The summed E-state index contributed by atoms with van der Waals surface area (Å²) in [4.78, 5) is 13.6. The van der Waals surface area contributed by atoms with Gasteiger partial charge in [-0.15, -0.1) is 11.8 Å². The summed E-state index contributed by atoms with van der Waals surface area (Å²) in [5.41, 5.74) is 0. The molecule has 1 heterocycles. The molecule has 12 heavy (non-hydrogen) atoms. The van der Waals surface area contributed by atoms with Gasteiger partial charge in [0.25, 0.3) is 0 Å². The maximum Gasteiger partial charge on any atom is 0.220 e. The molecule has 2 aliphatic rings. The van der Waals surface area contributed by atoms with Crippen molar-refractivity contribution < 1.29 is 4.79 Å². The van der Waals surface area contributed by atoms with E-state index >= 15 is 0 Å². The molecule has 68 valence electrons.